The first-order valence-electron chi connectivity index (χ1n) is 10.5. The Morgan fingerprint density at radius 2 is 1.44 bits per heavy atom. The summed E-state index contributed by atoms with van der Waals surface area (Å²) in [6, 6.07) is 4.28. The van der Waals surface area contributed by atoms with Crippen molar-refractivity contribution in [2.24, 2.45) is 11.8 Å². The molecule has 1 aliphatic heterocycles. The van der Waals surface area contributed by atoms with Gasteiger partial charge in [0.25, 0.3) is 0 Å². The Labute approximate surface area is 165 Å². The van der Waals surface area contributed by atoms with Crippen LogP contribution in [0.5, 0.6) is 0 Å². The summed E-state index contributed by atoms with van der Waals surface area (Å²) >= 11 is 0. The highest BCUT2D eigenvalue weighted by molar-refractivity contribution is 7.85. The Morgan fingerprint density at radius 1 is 0.926 bits per heavy atom. The van der Waals surface area contributed by atoms with Crippen molar-refractivity contribution in [3.63, 3.8) is 0 Å². The highest BCUT2D eigenvalue weighted by Gasteiger charge is 2.39. The van der Waals surface area contributed by atoms with E-state index in [1.54, 1.807) is 0 Å². The normalized spacial score (nSPS) is 29.1. The molecule has 2 aliphatic rings. The van der Waals surface area contributed by atoms with Crippen molar-refractivity contribution in [3.05, 3.63) is 34.4 Å². The molecule has 0 radical (unpaired) electrons. The van der Waals surface area contributed by atoms with Gasteiger partial charge in [0.05, 0.1) is 0 Å². The molecule has 0 spiro atoms. The quantitative estimate of drug-likeness (QED) is 0.707. The molecule has 1 saturated heterocycles. The van der Waals surface area contributed by atoms with Crippen molar-refractivity contribution in [1.82, 2.24) is 0 Å². The molecule has 1 saturated carbocycles. The van der Waals surface area contributed by atoms with Crippen molar-refractivity contribution in [2.45, 2.75) is 71.6 Å². The first-order valence-corrected chi connectivity index (χ1v) is 11.9. The summed E-state index contributed by atoms with van der Waals surface area (Å²) in [4.78, 5) is 26.1. The van der Waals surface area contributed by atoms with Crippen molar-refractivity contribution < 1.29 is 13.8 Å². The molecule has 0 atom stereocenters. The monoisotopic (exact) mass is 388 g/mol. The average Bonchev–Trinajstić information content (AvgIpc) is 2.63. The summed E-state index contributed by atoms with van der Waals surface area (Å²) in [7, 11) is -0.655. The van der Waals surface area contributed by atoms with Gasteiger partial charge in [-0.25, -0.2) is 0 Å². The maximum Gasteiger partial charge on any atom is 0.148 e. The van der Waals surface area contributed by atoms with E-state index in [1.165, 1.54) is 5.56 Å². The molecule has 0 aromatic heterocycles. The zero-order chi connectivity index (χ0) is 19.6. The van der Waals surface area contributed by atoms with Gasteiger partial charge >= 0.3 is 0 Å². The Hall–Kier alpha value is -1.29. The van der Waals surface area contributed by atoms with Crippen LogP contribution >= 0.6 is 0 Å². The van der Waals surface area contributed by atoms with Crippen molar-refractivity contribution in [3.8, 4) is 0 Å². The lowest BCUT2D eigenvalue weighted by Crippen LogP contribution is -2.34. The van der Waals surface area contributed by atoms with E-state index in [4.69, 9.17) is 0 Å². The minimum atomic E-state index is -0.655. The summed E-state index contributed by atoms with van der Waals surface area (Å²) in [6.07, 6.45) is 5.65. The lowest BCUT2D eigenvalue weighted by atomic mass is 9.71. The van der Waals surface area contributed by atoms with E-state index in [1.807, 2.05) is 0 Å². The Balaban J connectivity index is 1.78. The van der Waals surface area contributed by atoms with Gasteiger partial charge in [-0.3, -0.25) is 13.8 Å². The number of carbonyl (C=O) groups excluding carboxylic acids is 2. The standard InChI is InChI=1S/C23H32O3S/c1-4-18-10-15(3)11-19(5-2)22(18)23-20(24)13-17(14-21(23)25)12-16-6-8-27(26)9-7-16/h10-11,16-17,23H,4-9,12-14H2,1-3H3. The minimum Gasteiger partial charge on any atom is -0.299 e. The first kappa shape index (κ1) is 20.4. The maximum atomic E-state index is 13.1. The van der Waals surface area contributed by atoms with Crippen LogP contribution < -0.4 is 0 Å². The van der Waals surface area contributed by atoms with E-state index >= 15 is 0 Å². The third-order valence-electron chi connectivity index (χ3n) is 6.34. The van der Waals surface area contributed by atoms with E-state index in [-0.39, 0.29) is 17.5 Å². The Morgan fingerprint density at radius 3 is 1.93 bits per heavy atom. The highest BCUT2D eigenvalue weighted by atomic mass is 32.2. The van der Waals surface area contributed by atoms with Crippen LogP contribution in [0.4, 0.5) is 0 Å². The number of hydrogen-bond acceptors (Lipinski definition) is 3. The number of carbonyl (C=O) groups is 2. The van der Waals surface area contributed by atoms with Crippen LogP contribution in [0.3, 0.4) is 0 Å². The van der Waals surface area contributed by atoms with Crippen LogP contribution in [0.2, 0.25) is 0 Å². The molecule has 1 aromatic rings. The highest BCUT2D eigenvalue weighted by Crippen LogP contribution is 2.38. The third kappa shape index (κ3) is 4.59. The number of benzene rings is 1. The second-order valence-corrected chi connectivity index (χ2v) is 10.1. The second kappa shape index (κ2) is 8.81. The van der Waals surface area contributed by atoms with Crippen LogP contribution in [0.1, 0.15) is 74.1 Å². The van der Waals surface area contributed by atoms with Crippen molar-refractivity contribution in [2.75, 3.05) is 11.5 Å². The first-order chi connectivity index (χ1) is 12.9. The van der Waals surface area contributed by atoms with Crippen molar-refractivity contribution in [1.29, 1.82) is 0 Å². The SMILES string of the molecule is CCc1cc(C)cc(CC)c1C1C(=O)CC(CC2CCS(=O)CC2)CC1=O. The molecular weight excluding hydrogens is 356 g/mol. The molecule has 0 bridgehead atoms. The van der Waals surface area contributed by atoms with Gasteiger partial charge in [-0.2, -0.15) is 0 Å². The molecule has 3 rings (SSSR count). The number of ketones is 2. The molecule has 0 unspecified atom stereocenters. The maximum absolute atomic E-state index is 13.1. The fourth-order valence-electron chi connectivity index (χ4n) is 5.00. The fourth-order valence-corrected chi connectivity index (χ4v) is 6.40. The van der Waals surface area contributed by atoms with Crippen LogP contribution in [0.25, 0.3) is 0 Å². The van der Waals surface area contributed by atoms with E-state index in [9.17, 15) is 13.8 Å². The van der Waals surface area contributed by atoms with E-state index in [2.05, 4.69) is 32.9 Å². The van der Waals surface area contributed by atoms with Gasteiger partial charge in [-0.15, -0.1) is 0 Å². The molecule has 1 aromatic carbocycles. The van der Waals surface area contributed by atoms with Gasteiger partial charge in [0.15, 0.2) is 0 Å². The van der Waals surface area contributed by atoms with E-state index < -0.39 is 16.7 Å². The molecule has 0 N–H and O–H groups in total. The molecular formula is C23H32O3S. The molecule has 27 heavy (non-hydrogen) atoms. The van der Waals surface area contributed by atoms with E-state index in [0.717, 1.165) is 60.3 Å². The molecule has 4 heteroatoms. The Kier molecular flexibility index (Phi) is 6.67. The fraction of sp³-hybridized carbons (Fsp3) is 0.652. The molecule has 0 amide bonds. The molecule has 148 valence electrons. The summed E-state index contributed by atoms with van der Waals surface area (Å²) < 4.78 is 11.6. The summed E-state index contributed by atoms with van der Waals surface area (Å²) in [5.74, 6) is 1.95. The zero-order valence-electron chi connectivity index (χ0n) is 16.9. The van der Waals surface area contributed by atoms with Gasteiger partial charge in [0.2, 0.25) is 0 Å². The zero-order valence-corrected chi connectivity index (χ0v) is 17.7. The molecule has 3 nitrogen and oxygen atoms in total. The molecule has 1 heterocycles. The summed E-state index contributed by atoms with van der Waals surface area (Å²) in [5.41, 5.74) is 4.53. The van der Waals surface area contributed by atoms with Gasteiger partial charge in [-0.05, 0) is 67.6 Å². The number of Topliss-reactive ketones (excluding diaryl/α,β-unsaturated/α-hetero) is 2. The number of hydrogen-bond donors (Lipinski definition) is 0. The predicted molar refractivity (Wildman–Crippen MR) is 111 cm³/mol. The van der Waals surface area contributed by atoms with Crippen molar-refractivity contribution >= 4 is 22.4 Å². The smallest absolute Gasteiger partial charge is 0.148 e. The number of aryl methyl sites for hydroxylation is 3. The van der Waals surface area contributed by atoms with Crippen LogP contribution in [0, 0.1) is 18.8 Å². The van der Waals surface area contributed by atoms with Gasteiger partial charge in [0, 0.05) is 35.1 Å². The molecule has 2 fully saturated rings. The summed E-state index contributed by atoms with van der Waals surface area (Å²) in [6.45, 7) is 6.29. The third-order valence-corrected chi connectivity index (χ3v) is 7.73. The average molecular weight is 389 g/mol. The van der Waals surface area contributed by atoms with Gasteiger partial charge < -0.3 is 0 Å². The number of rotatable bonds is 5. The van der Waals surface area contributed by atoms with Crippen LogP contribution in [0.15, 0.2) is 12.1 Å². The topological polar surface area (TPSA) is 51.2 Å². The van der Waals surface area contributed by atoms with E-state index in [0.29, 0.717) is 18.8 Å². The largest absolute Gasteiger partial charge is 0.299 e. The summed E-state index contributed by atoms with van der Waals surface area (Å²) in [5, 5.41) is 0. The van der Waals surface area contributed by atoms with Crippen LogP contribution in [-0.2, 0) is 33.2 Å². The molecule has 1 aliphatic carbocycles. The van der Waals surface area contributed by atoms with Crippen LogP contribution in [-0.4, -0.2) is 27.3 Å². The van der Waals surface area contributed by atoms with Gasteiger partial charge in [0.1, 0.15) is 17.5 Å². The Bertz CT molecular complexity index is 699. The minimum absolute atomic E-state index is 0.115. The van der Waals surface area contributed by atoms with Gasteiger partial charge in [-0.1, -0.05) is 31.5 Å². The lowest BCUT2D eigenvalue weighted by Gasteiger charge is -2.32. The lowest BCUT2D eigenvalue weighted by molar-refractivity contribution is -0.134. The predicted octanol–water partition coefficient (Wildman–Crippen LogP) is 4.30. The second-order valence-electron chi connectivity index (χ2n) is 8.37.